The maximum absolute atomic E-state index is 10.6. The highest BCUT2D eigenvalue weighted by atomic mass is 35.5. The van der Waals surface area contributed by atoms with Gasteiger partial charge in [-0.2, -0.15) is 5.26 Å². The van der Waals surface area contributed by atoms with Gasteiger partial charge in [-0.1, -0.05) is 35.9 Å². The van der Waals surface area contributed by atoms with Gasteiger partial charge >= 0.3 is 0 Å². The van der Waals surface area contributed by atoms with E-state index in [1.807, 2.05) is 24.3 Å². The minimum Gasteiger partial charge on any atom is -0.469 e. The number of pyridine rings is 1. The molecule has 2 saturated heterocycles. The lowest BCUT2D eigenvalue weighted by Gasteiger charge is -2.37. The number of nitriles is 1. The van der Waals surface area contributed by atoms with Crippen LogP contribution in [-0.2, 0) is 15.1 Å². The fourth-order valence-corrected chi connectivity index (χ4v) is 5.16. The van der Waals surface area contributed by atoms with E-state index in [1.54, 1.807) is 6.07 Å². The Morgan fingerprint density at radius 1 is 1.18 bits per heavy atom. The molecular formula is C24H22ClN3O5. The van der Waals surface area contributed by atoms with Crippen LogP contribution in [0, 0.1) is 11.3 Å². The quantitative estimate of drug-likeness (QED) is 0.539. The lowest BCUT2D eigenvalue weighted by Crippen LogP contribution is -2.34. The van der Waals surface area contributed by atoms with Gasteiger partial charge in [-0.15, -0.1) is 0 Å². The third-order valence-electron chi connectivity index (χ3n) is 6.93. The standard InChI is InChI=1S/C24H22ClN3O5/c25-15-8-16-20(28-19(15)12-2-4-13(5-3-12)24(30)6-1-7-24)14(9-26)23(27-16)33-18-11-32-21-17(29)10-31-22(18)21/h2-5,8,17-18,21-22,27,29-30H,1,6-7,10-11H2/t17?,18?,21-,22-/m1/s1. The fourth-order valence-electron chi connectivity index (χ4n) is 4.90. The van der Waals surface area contributed by atoms with Crippen molar-refractivity contribution in [3.8, 4) is 23.2 Å². The topological polar surface area (TPSA) is 121 Å². The van der Waals surface area contributed by atoms with E-state index in [2.05, 4.69) is 16.0 Å². The fraction of sp³-hybridized carbons (Fsp3) is 0.417. The average molecular weight is 468 g/mol. The van der Waals surface area contributed by atoms with E-state index in [0.29, 0.717) is 21.7 Å². The monoisotopic (exact) mass is 467 g/mol. The third kappa shape index (κ3) is 3.31. The second kappa shape index (κ2) is 7.69. The number of rotatable bonds is 4. The summed E-state index contributed by atoms with van der Waals surface area (Å²) < 4.78 is 17.3. The first-order valence-corrected chi connectivity index (χ1v) is 11.4. The number of aromatic amines is 1. The number of nitrogens with one attached hydrogen (secondary N) is 1. The summed E-state index contributed by atoms with van der Waals surface area (Å²) in [4.78, 5) is 7.78. The number of halogens is 1. The van der Waals surface area contributed by atoms with Crippen LogP contribution in [0.5, 0.6) is 5.88 Å². The van der Waals surface area contributed by atoms with E-state index < -0.39 is 30.0 Å². The highest BCUT2D eigenvalue weighted by Crippen LogP contribution is 2.42. The summed E-state index contributed by atoms with van der Waals surface area (Å²) in [6.45, 7) is 0.453. The Hall–Kier alpha value is -2.67. The van der Waals surface area contributed by atoms with Crippen molar-refractivity contribution in [3.63, 3.8) is 0 Å². The number of nitrogens with zero attached hydrogens (tertiary/aromatic N) is 2. The van der Waals surface area contributed by atoms with Crippen LogP contribution in [0.2, 0.25) is 5.02 Å². The Morgan fingerprint density at radius 3 is 2.64 bits per heavy atom. The number of hydrogen-bond donors (Lipinski definition) is 3. The minimum atomic E-state index is -0.734. The molecule has 0 radical (unpaired) electrons. The zero-order valence-electron chi connectivity index (χ0n) is 17.6. The average Bonchev–Trinajstić information content (AvgIpc) is 3.46. The number of benzene rings is 1. The number of H-pyrrole nitrogens is 1. The predicted molar refractivity (Wildman–Crippen MR) is 119 cm³/mol. The predicted octanol–water partition coefficient (Wildman–Crippen LogP) is 3.03. The van der Waals surface area contributed by atoms with E-state index in [4.69, 9.17) is 25.8 Å². The molecule has 0 bridgehead atoms. The molecule has 2 aromatic heterocycles. The van der Waals surface area contributed by atoms with Crippen molar-refractivity contribution in [2.24, 2.45) is 0 Å². The number of aromatic nitrogens is 2. The highest BCUT2D eigenvalue weighted by Gasteiger charge is 2.48. The van der Waals surface area contributed by atoms with E-state index in [0.717, 1.165) is 30.4 Å². The van der Waals surface area contributed by atoms with Crippen LogP contribution >= 0.6 is 11.6 Å². The molecule has 1 aliphatic carbocycles. The van der Waals surface area contributed by atoms with Gasteiger partial charge in [0.05, 0.1) is 35.0 Å². The van der Waals surface area contributed by atoms with Crippen molar-refractivity contribution in [2.45, 2.75) is 49.3 Å². The van der Waals surface area contributed by atoms with Gasteiger partial charge in [-0.05, 0) is 30.9 Å². The summed E-state index contributed by atoms with van der Waals surface area (Å²) in [5.41, 5.74) is 2.80. The molecule has 9 heteroatoms. The lowest BCUT2D eigenvalue weighted by molar-refractivity contribution is -0.0387. The van der Waals surface area contributed by atoms with Crippen LogP contribution in [0.1, 0.15) is 30.4 Å². The Morgan fingerprint density at radius 2 is 1.94 bits per heavy atom. The second-order valence-corrected chi connectivity index (χ2v) is 9.35. The molecule has 8 nitrogen and oxygen atoms in total. The Bertz CT molecular complexity index is 1260. The molecule has 2 unspecified atom stereocenters. The summed E-state index contributed by atoms with van der Waals surface area (Å²) in [6, 6.07) is 11.5. The van der Waals surface area contributed by atoms with Crippen LogP contribution in [-0.4, -0.2) is 57.8 Å². The zero-order chi connectivity index (χ0) is 22.7. The second-order valence-electron chi connectivity index (χ2n) is 8.94. The summed E-state index contributed by atoms with van der Waals surface area (Å²) in [5, 5.41) is 30.8. The number of aliphatic hydroxyl groups excluding tert-OH is 1. The molecule has 6 rings (SSSR count). The van der Waals surface area contributed by atoms with Crippen molar-refractivity contribution in [2.75, 3.05) is 13.2 Å². The molecule has 4 heterocycles. The third-order valence-corrected chi connectivity index (χ3v) is 7.22. The first-order chi connectivity index (χ1) is 16.0. The molecule has 33 heavy (non-hydrogen) atoms. The van der Waals surface area contributed by atoms with Crippen molar-refractivity contribution >= 4 is 22.6 Å². The molecule has 3 aromatic rings. The molecule has 0 spiro atoms. The van der Waals surface area contributed by atoms with E-state index in [9.17, 15) is 15.5 Å². The maximum atomic E-state index is 10.6. The van der Waals surface area contributed by atoms with Gasteiger partial charge in [0.2, 0.25) is 5.88 Å². The molecule has 2 aliphatic heterocycles. The smallest absolute Gasteiger partial charge is 0.212 e. The van der Waals surface area contributed by atoms with Gasteiger partial charge in [0.15, 0.2) is 6.10 Å². The van der Waals surface area contributed by atoms with Crippen LogP contribution in [0.4, 0.5) is 0 Å². The van der Waals surface area contributed by atoms with E-state index >= 15 is 0 Å². The summed E-state index contributed by atoms with van der Waals surface area (Å²) in [5.74, 6) is 0.273. The van der Waals surface area contributed by atoms with Gasteiger partial charge < -0.3 is 29.4 Å². The number of ether oxygens (including phenoxy) is 3. The molecule has 4 atom stereocenters. The van der Waals surface area contributed by atoms with Crippen molar-refractivity contribution in [3.05, 3.63) is 46.5 Å². The Balaban J connectivity index is 1.33. The summed E-state index contributed by atoms with van der Waals surface area (Å²) in [6.07, 6.45) is 0.615. The molecule has 0 amide bonds. The van der Waals surface area contributed by atoms with Crippen LogP contribution < -0.4 is 4.74 Å². The molecular weight excluding hydrogens is 446 g/mol. The largest absolute Gasteiger partial charge is 0.469 e. The number of hydrogen-bond acceptors (Lipinski definition) is 7. The van der Waals surface area contributed by atoms with Crippen LogP contribution in [0.15, 0.2) is 30.3 Å². The molecule has 1 aromatic carbocycles. The van der Waals surface area contributed by atoms with Crippen LogP contribution in [0.3, 0.4) is 0 Å². The maximum Gasteiger partial charge on any atom is 0.212 e. The van der Waals surface area contributed by atoms with E-state index in [-0.39, 0.29) is 24.7 Å². The zero-order valence-corrected chi connectivity index (χ0v) is 18.4. The highest BCUT2D eigenvalue weighted by molar-refractivity contribution is 6.33. The number of fused-ring (bicyclic) bond motifs is 2. The van der Waals surface area contributed by atoms with Gasteiger partial charge in [0.25, 0.3) is 0 Å². The van der Waals surface area contributed by atoms with Crippen molar-refractivity contribution in [1.29, 1.82) is 5.26 Å². The summed E-state index contributed by atoms with van der Waals surface area (Å²) in [7, 11) is 0. The number of aliphatic hydroxyl groups is 2. The normalized spacial score (nSPS) is 27.8. The van der Waals surface area contributed by atoms with Gasteiger partial charge in [-0.3, -0.25) is 0 Å². The Labute approximate surface area is 194 Å². The Kier molecular flexibility index (Phi) is 4.87. The first-order valence-electron chi connectivity index (χ1n) is 11.0. The van der Waals surface area contributed by atoms with E-state index in [1.165, 1.54) is 0 Å². The molecule has 1 saturated carbocycles. The molecule has 170 valence electrons. The lowest BCUT2D eigenvalue weighted by atomic mass is 9.75. The molecule has 3 fully saturated rings. The van der Waals surface area contributed by atoms with Gasteiger partial charge in [-0.25, -0.2) is 4.98 Å². The van der Waals surface area contributed by atoms with Gasteiger partial charge in [0.1, 0.15) is 35.5 Å². The minimum absolute atomic E-state index is 0.198. The first kappa shape index (κ1) is 20.9. The molecule has 3 aliphatic rings. The van der Waals surface area contributed by atoms with Crippen LogP contribution in [0.25, 0.3) is 22.3 Å². The summed E-state index contributed by atoms with van der Waals surface area (Å²) >= 11 is 6.55. The molecule has 3 N–H and O–H groups in total. The van der Waals surface area contributed by atoms with Gasteiger partial charge in [0, 0.05) is 5.56 Å². The van der Waals surface area contributed by atoms with Crippen molar-refractivity contribution in [1.82, 2.24) is 9.97 Å². The van der Waals surface area contributed by atoms with Crippen molar-refractivity contribution < 1.29 is 24.4 Å². The SMILES string of the molecule is N#Cc1c(OC2CO[C@@H]3C(O)CO[C@H]23)[nH]c2cc(Cl)c(-c3ccc(C4(O)CCC4)cc3)nc12.